The van der Waals surface area contributed by atoms with Crippen LogP contribution < -0.4 is 9.64 Å². The van der Waals surface area contributed by atoms with E-state index in [1.807, 2.05) is 14.1 Å². The van der Waals surface area contributed by atoms with Crippen LogP contribution in [0.3, 0.4) is 0 Å². The zero-order valence-electron chi connectivity index (χ0n) is 11.6. The lowest BCUT2D eigenvalue weighted by Crippen LogP contribution is -2.45. The van der Waals surface area contributed by atoms with Crippen molar-refractivity contribution in [3.8, 4) is 11.5 Å². The highest BCUT2D eigenvalue weighted by atomic mass is 16.5. The number of hydrogen-bond acceptors (Lipinski definition) is 4. The lowest BCUT2D eigenvalue weighted by molar-refractivity contribution is -0.125. The van der Waals surface area contributed by atoms with Crippen molar-refractivity contribution in [1.29, 1.82) is 0 Å². The number of benzene rings is 1. The number of nitrogens with zero attached hydrogens (tertiary/aromatic N) is 2. The van der Waals surface area contributed by atoms with Crippen LogP contribution in [0.4, 0.5) is 5.69 Å². The van der Waals surface area contributed by atoms with Gasteiger partial charge in [-0.05, 0) is 46.1 Å². The second-order valence-corrected chi connectivity index (χ2v) is 5.06. The fourth-order valence-corrected chi connectivity index (χ4v) is 2.17. The van der Waals surface area contributed by atoms with Gasteiger partial charge in [-0.3, -0.25) is 4.79 Å². The molecule has 0 saturated heterocycles. The minimum absolute atomic E-state index is 0.0585. The van der Waals surface area contributed by atoms with Crippen molar-refractivity contribution >= 4 is 11.6 Å². The van der Waals surface area contributed by atoms with Gasteiger partial charge in [-0.25, -0.2) is 0 Å². The van der Waals surface area contributed by atoms with Crippen molar-refractivity contribution < 1.29 is 14.6 Å². The highest BCUT2D eigenvalue weighted by molar-refractivity contribution is 6.00. The molecule has 1 amide bonds. The van der Waals surface area contributed by atoms with E-state index in [2.05, 4.69) is 4.90 Å². The maximum Gasteiger partial charge on any atom is 0.267 e. The van der Waals surface area contributed by atoms with E-state index >= 15 is 0 Å². The SMILES string of the molecule is CC1Oc2ccc(O)cc2N(CCCN(C)C)C1=O. The summed E-state index contributed by atoms with van der Waals surface area (Å²) in [5.74, 6) is 0.730. The van der Waals surface area contributed by atoms with Crippen LogP contribution in [0.1, 0.15) is 13.3 Å². The summed E-state index contributed by atoms with van der Waals surface area (Å²) in [6.07, 6.45) is 0.400. The van der Waals surface area contributed by atoms with Gasteiger partial charge in [0.05, 0.1) is 5.69 Å². The Kier molecular flexibility index (Phi) is 3.95. The van der Waals surface area contributed by atoms with E-state index in [1.54, 1.807) is 30.0 Å². The smallest absolute Gasteiger partial charge is 0.267 e. The molecule has 0 bridgehead atoms. The second kappa shape index (κ2) is 5.48. The lowest BCUT2D eigenvalue weighted by Gasteiger charge is -2.33. The Bertz CT molecular complexity index is 474. The molecular formula is C14H20N2O3. The van der Waals surface area contributed by atoms with Crippen molar-refractivity contribution in [3.05, 3.63) is 18.2 Å². The van der Waals surface area contributed by atoms with E-state index in [0.717, 1.165) is 13.0 Å². The summed E-state index contributed by atoms with van der Waals surface area (Å²) >= 11 is 0. The number of aromatic hydroxyl groups is 1. The first-order valence-electron chi connectivity index (χ1n) is 6.45. The maximum atomic E-state index is 12.2. The fraction of sp³-hybridized carbons (Fsp3) is 0.500. The van der Waals surface area contributed by atoms with Gasteiger partial charge in [-0.2, -0.15) is 0 Å². The number of rotatable bonds is 4. The van der Waals surface area contributed by atoms with Crippen LogP contribution in [0.25, 0.3) is 0 Å². The molecule has 1 aliphatic heterocycles. The van der Waals surface area contributed by atoms with Gasteiger partial charge in [0.15, 0.2) is 6.10 Å². The van der Waals surface area contributed by atoms with Crippen LogP contribution in [0, 0.1) is 0 Å². The largest absolute Gasteiger partial charge is 0.508 e. The zero-order valence-corrected chi connectivity index (χ0v) is 11.6. The number of fused-ring (bicyclic) bond motifs is 1. The molecular weight excluding hydrogens is 244 g/mol. The molecule has 0 saturated carbocycles. The molecule has 1 heterocycles. The van der Waals surface area contributed by atoms with Gasteiger partial charge in [0.2, 0.25) is 0 Å². The summed E-state index contributed by atoms with van der Waals surface area (Å²) in [6, 6.07) is 4.85. The quantitative estimate of drug-likeness (QED) is 0.894. The monoisotopic (exact) mass is 264 g/mol. The third-order valence-electron chi connectivity index (χ3n) is 3.14. The highest BCUT2D eigenvalue weighted by Crippen LogP contribution is 2.36. The van der Waals surface area contributed by atoms with Crippen LogP contribution in [0.15, 0.2) is 18.2 Å². The Labute approximate surface area is 113 Å². The van der Waals surface area contributed by atoms with Gasteiger partial charge < -0.3 is 19.6 Å². The Morgan fingerprint density at radius 2 is 2.16 bits per heavy atom. The number of carbonyl (C=O) groups excluding carboxylic acids is 1. The number of phenolic OH excluding ortho intramolecular Hbond substituents is 1. The molecule has 0 aliphatic carbocycles. The number of amides is 1. The molecule has 0 spiro atoms. The molecule has 1 aliphatic rings. The first-order valence-corrected chi connectivity index (χ1v) is 6.45. The summed E-state index contributed by atoms with van der Waals surface area (Å²) in [6.45, 7) is 3.28. The van der Waals surface area contributed by atoms with Crippen molar-refractivity contribution in [2.45, 2.75) is 19.4 Å². The second-order valence-electron chi connectivity index (χ2n) is 5.06. The molecule has 0 fully saturated rings. The average Bonchev–Trinajstić information content (AvgIpc) is 2.34. The van der Waals surface area contributed by atoms with E-state index in [4.69, 9.17) is 4.74 Å². The molecule has 0 aromatic heterocycles. The van der Waals surface area contributed by atoms with Crippen molar-refractivity contribution in [1.82, 2.24) is 4.90 Å². The summed E-state index contributed by atoms with van der Waals surface area (Å²) < 4.78 is 5.54. The van der Waals surface area contributed by atoms with Gasteiger partial charge in [0.25, 0.3) is 5.91 Å². The summed E-state index contributed by atoms with van der Waals surface area (Å²) in [4.78, 5) is 16.0. The highest BCUT2D eigenvalue weighted by Gasteiger charge is 2.31. The zero-order chi connectivity index (χ0) is 14.0. The molecule has 1 N–H and O–H groups in total. The molecule has 0 radical (unpaired) electrons. The molecule has 2 rings (SSSR count). The van der Waals surface area contributed by atoms with E-state index < -0.39 is 6.10 Å². The van der Waals surface area contributed by atoms with Crippen LogP contribution in [-0.2, 0) is 4.79 Å². The van der Waals surface area contributed by atoms with Crippen LogP contribution in [-0.4, -0.2) is 49.2 Å². The Hall–Kier alpha value is -1.75. The summed E-state index contributed by atoms with van der Waals surface area (Å²) in [5.41, 5.74) is 0.654. The van der Waals surface area contributed by atoms with Gasteiger partial charge >= 0.3 is 0 Å². The molecule has 5 nitrogen and oxygen atoms in total. The standard InChI is InChI=1S/C14H20N2O3/c1-10-14(18)16(8-4-7-15(2)3)12-9-11(17)5-6-13(12)19-10/h5-6,9-10,17H,4,7-8H2,1-3H3. The number of ether oxygens (including phenoxy) is 1. The topological polar surface area (TPSA) is 53.0 Å². The minimum Gasteiger partial charge on any atom is -0.508 e. The average molecular weight is 264 g/mol. The third kappa shape index (κ3) is 2.98. The van der Waals surface area contributed by atoms with Gasteiger partial charge in [0.1, 0.15) is 11.5 Å². The Morgan fingerprint density at radius 3 is 2.84 bits per heavy atom. The Morgan fingerprint density at radius 1 is 1.42 bits per heavy atom. The van der Waals surface area contributed by atoms with E-state index in [1.165, 1.54) is 0 Å². The maximum absolute atomic E-state index is 12.2. The predicted molar refractivity (Wildman–Crippen MR) is 73.7 cm³/mol. The third-order valence-corrected chi connectivity index (χ3v) is 3.14. The fourth-order valence-electron chi connectivity index (χ4n) is 2.17. The van der Waals surface area contributed by atoms with Crippen molar-refractivity contribution in [2.24, 2.45) is 0 Å². The van der Waals surface area contributed by atoms with Gasteiger partial charge in [0, 0.05) is 12.6 Å². The van der Waals surface area contributed by atoms with Gasteiger partial charge in [-0.1, -0.05) is 0 Å². The molecule has 19 heavy (non-hydrogen) atoms. The van der Waals surface area contributed by atoms with Crippen LogP contribution >= 0.6 is 0 Å². The number of hydrogen-bond donors (Lipinski definition) is 1. The van der Waals surface area contributed by atoms with Crippen LogP contribution in [0.2, 0.25) is 0 Å². The lowest BCUT2D eigenvalue weighted by atomic mass is 10.1. The first-order chi connectivity index (χ1) is 8.99. The van der Waals surface area contributed by atoms with E-state index in [-0.39, 0.29) is 11.7 Å². The van der Waals surface area contributed by atoms with Crippen LogP contribution in [0.5, 0.6) is 11.5 Å². The van der Waals surface area contributed by atoms with Gasteiger partial charge in [-0.15, -0.1) is 0 Å². The summed E-state index contributed by atoms with van der Waals surface area (Å²) in [5, 5.41) is 9.57. The number of phenols is 1. The minimum atomic E-state index is -0.476. The molecule has 5 heteroatoms. The molecule has 1 unspecified atom stereocenters. The van der Waals surface area contributed by atoms with E-state index in [9.17, 15) is 9.90 Å². The predicted octanol–water partition coefficient (Wildman–Crippen LogP) is 1.46. The molecule has 1 aromatic carbocycles. The molecule has 1 atom stereocenters. The Balaban J connectivity index is 2.20. The molecule has 1 aromatic rings. The van der Waals surface area contributed by atoms with Crippen molar-refractivity contribution in [2.75, 3.05) is 32.1 Å². The van der Waals surface area contributed by atoms with E-state index in [0.29, 0.717) is 18.0 Å². The molecule has 104 valence electrons. The normalized spacial score (nSPS) is 18.4. The number of carbonyl (C=O) groups is 1. The summed E-state index contributed by atoms with van der Waals surface area (Å²) in [7, 11) is 4.01. The first kappa shape index (κ1) is 13.7. The number of anilines is 1. The van der Waals surface area contributed by atoms with Crippen molar-refractivity contribution in [3.63, 3.8) is 0 Å².